The number of fused-ring (bicyclic) bond motifs is 1. The van der Waals surface area contributed by atoms with Crippen molar-refractivity contribution in [3.05, 3.63) is 58.3 Å². The molecule has 4 nitrogen and oxygen atoms in total. The van der Waals surface area contributed by atoms with Gasteiger partial charge in [-0.05, 0) is 36.8 Å². The van der Waals surface area contributed by atoms with E-state index >= 15 is 0 Å². The highest BCUT2D eigenvalue weighted by Gasteiger charge is 2.18. The molecular weight excluding hydrogens is 371 g/mol. The molecule has 1 N–H and O–H groups in total. The van der Waals surface area contributed by atoms with Gasteiger partial charge < -0.3 is 14.4 Å². The molecule has 26 heavy (non-hydrogen) atoms. The third-order valence-electron chi connectivity index (χ3n) is 4.46. The lowest BCUT2D eigenvalue weighted by Crippen LogP contribution is -2.25. The van der Waals surface area contributed by atoms with Crippen LogP contribution in [0.5, 0.6) is 5.75 Å². The molecule has 0 spiro atoms. The third-order valence-corrected chi connectivity index (χ3v) is 4.99. The van der Waals surface area contributed by atoms with Crippen molar-refractivity contribution >= 4 is 34.2 Å². The molecule has 1 heterocycles. The van der Waals surface area contributed by atoms with E-state index in [0.717, 1.165) is 23.3 Å². The van der Waals surface area contributed by atoms with E-state index in [1.165, 1.54) is 0 Å². The van der Waals surface area contributed by atoms with Gasteiger partial charge in [0.2, 0.25) is 0 Å². The molecule has 0 saturated heterocycles. The van der Waals surface area contributed by atoms with E-state index in [0.29, 0.717) is 28.3 Å². The van der Waals surface area contributed by atoms with Crippen LogP contribution in [0.3, 0.4) is 0 Å². The second-order valence-corrected chi connectivity index (χ2v) is 7.26. The first-order valence-electron chi connectivity index (χ1n) is 8.70. The molecule has 3 rings (SSSR count). The lowest BCUT2D eigenvalue weighted by Gasteiger charge is -2.18. The number of aliphatic hydroxyl groups is 1. The normalized spacial score (nSPS) is 13.7. The highest BCUT2D eigenvalue weighted by molar-refractivity contribution is 6.35. The Balaban J connectivity index is 1.77. The van der Waals surface area contributed by atoms with Crippen LogP contribution in [0.4, 0.5) is 0 Å². The predicted octanol–water partition coefficient (Wildman–Crippen LogP) is 5.30. The third kappa shape index (κ3) is 4.14. The predicted molar refractivity (Wildman–Crippen MR) is 106 cm³/mol. The zero-order valence-electron chi connectivity index (χ0n) is 14.8. The molecule has 2 atom stereocenters. The number of aromatic nitrogens is 2. The van der Waals surface area contributed by atoms with Crippen LogP contribution >= 0.6 is 23.2 Å². The van der Waals surface area contributed by atoms with Gasteiger partial charge in [-0.15, -0.1) is 0 Å². The summed E-state index contributed by atoms with van der Waals surface area (Å²) in [5.41, 5.74) is 1.96. The number of hydrogen-bond donors (Lipinski definition) is 1. The van der Waals surface area contributed by atoms with E-state index in [1.54, 1.807) is 18.2 Å². The number of aliphatic hydroxyl groups excluding tert-OH is 1. The maximum atomic E-state index is 10.5. The summed E-state index contributed by atoms with van der Waals surface area (Å²) in [6.45, 7) is 4.82. The first-order chi connectivity index (χ1) is 12.5. The Morgan fingerprint density at radius 3 is 2.69 bits per heavy atom. The lowest BCUT2D eigenvalue weighted by atomic mass is 10.1. The van der Waals surface area contributed by atoms with Gasteiger partial charge in [-0.2, -0.15) is 0 Å². The first kappa shape index (κ1) is 19.0. The fourth-order valence-corrected chi connectivity index (χ4v) is 3.35. The molecule has 3 aromatic rings. The molecule has 1 aromatic heterocycles. The Morgan fingerprint density at radius 2 is 1.96 bits per heavy atom. The summed E-state index contributed by atoms with van der Waals surface area (Å²) in [7, 11) is 0. The van der Waals surface area contributed by atoms with Crippen molar-refractivity contribution in [1.29, 1.82) is 0 Å². The highest BCUT2D eigenvalue weighted by Crippen LogP contribution is 2.28. The van der Waals surface area contributed by atoms with Gasteiger partial charge in [-0.25, -0.2) is 4.98 Å². The molecular formula is C20H22Cl2N2O2. The molecule has 0 aliphatic rings. The highest BCUT2D eigenvalue weighted by atomic mass is 35.5. The van der Waals surface area contributed by atoms with Crippen LogP contribution in [-0.4, -0.2) is 27.4 Å². The van der Waals surface area contributed by atoms with Crippen LogP contribution in [0.1, 0.15) is 32.0 Å². The van der Waals surface area contributed by atoms with Crippen molar-refractivity contribution < 1.29 is 9.84 Å². The molecule has 0 amide bonds. The minimum absolute atomic E-state index is 0.133. The van der Waals surface area contributed by atoms with Crippen LogP contribution in [0.2, 0.25) is 10.0 Å². The lowest BCUT2D eigenvalue weighted by molar-refractivity contribution is 0.0925. The SMILES string of the molecule is CCC(C)c1nc2ccccc2n1CC(O)COc1ccc(Cl)cc1Cl. The summed E-state index contributed by atoms with van der Waals surface area (Å²) in [5, 5.41) is 11.5. The van der Waals surface area contributed by atoms with Gasteiger partial charge >= 0.3 is 0 Å². The fraction of sp³-hybridized carbons (Fsp3) is 0.350. The number of benzene rings is 2. The number of nitrogens with zero attached hydrogens (tertiary/aromatic N) is 2. The standard InChI is InChI=1S/C20H22Cl2N2O2/c1-3-13(2)20-23-17-6-4-5-7-18(17)24(20)11-15(25)12-26-19-9-8-14(21)10-16(19)22/h4-10,13,15,25H,3,11-12H2,1-2H3. The smallest absolute Gasteiger partial charge is 0.138 e. The monoisotopic (exact) mass is 392 g/mol. The van der Waals surface area contributed by atoms with Crippen LogP contribution in [0.25, 0.3) is 11.0 Å². The van der Waals surface area contributed by atoms with Gasteiger partial charge in [0.25, 0.3) is 0 Å². The summed E-state index contributed by atoms with van der Waals surface area (Å²) in [4.78, 5) is 4.75. The van der Waals surface area contributed by atoms with Gasteiger partial charge in [0, 0.05) is 10.9 Å². The summed E-state index contributed by atoms with van der Waals surface area (Å²) >= 11 is 12.0. The van der Waals surface area contributed by atoms with Crippen LogP contribution in [0, 0.1) is 0 Å². The average molecular weight is 393 g/mol. The second kappa shape index (κ2) is 8.30. The molecule has 0 bridgehead atoms. The van der Waals surface area contributed by atoms with E-state index in [-0.39, 0.29) is 6.61 Å². The minimum atomic E-state index is -0.692. The fourth-order valence-electron chi connectivity index (χ4n) is 2.89. The van der Waals surface area contributed by atoms with Crippen molar-refractivity contribution in [2.75, 3.05) is 6.61 Å². The van der Waals surface area contributed by atoms with Crippen molar-refractivity contribution in [2.24, 2.45) is 0 Å². The largest absolute Gasteiger partial charge is 0.489 e. The van der Waals surface area contributed by atoms with Gasteiger partial charge in [0.1, 0.15) is 24.3 Å². The Kier molecular flexibility index (Phi) is 6.07. The Hall–Kier alpha value is -1.75. The molecule has 0 aliphatic carbocycles. The summed E-state index contributed by atoms with van der Waals surface area (Å²) in [6, 6.07) is 13.0. The van der Waals surface area contributed by atoms with Crippen molar-refractivity contribution in [2.45, 2.75) is 38.8 Å². The van der Waals surface area contributed by atoms with Gasteiger partial charge in [0.15, 0.2) is 0 Å². The van der Waals surface area contributed by atoms with Crippen molar-refractivity contribution in [3.8, 4) is 5.75 Å². The number of halogens is 2. The minimum Gasteiger partial charge on any atom is -0.489 e. The summed E-state index contributed by atoms with van der Waals surface area (Å²) in [5.74, 6) is 1.80. The van der Waals surface area contributed by atoms with E-state index in [1.807, 2.05) is 24.3 Å². The van der Waals surface area contributed by atoms with Crippen LogP contribution in [-0.2, 0) is 6.54 Å². The number of ether oxygens (including phenoxy) is 1. The number of hydrogen-bond acceptors (Lipinski definition) is 3. The topological polar surface area (TPSA) is 47.3 Å². The zero-order valence-corrected chi connectivity index (χ0v) is 16.3. The molecule has 138 valence electrons. The maximum Gasteiger partial charge on any atom is 0.138 e. The Bertz CT molecular complexity index is 895. The second-order valence-electron chi connectivity index (χ2n) is 6.42. The quantitative estimate of drug-likeness (QED) is 0.593. The number of para-hydroxylation sites is 2. The van der Waals surface area contributed by atoms with E-state index in [9.17, 15) is 5.11 Å². The van der Waals surface area contributed by atoms with Crippen LogP contribution < -0.4 is 4.74 Å². The molecule has 0 fully saturated rings. The van der Waals surface area contributed by atoms with Gasteiger partial charge in [0.05, 0.1) is 22.6 Å². The van der Waals surface area contributed by atoms with E-state index in [2.05, 4.69) is 18.4 Å². The average Bonchev–Trinajstić information content (AvgIpc) is 2.99. The van der Waals surface area contributed by atoms with E-state index in [4.69, 9.17) is 32.9 Å². The maximum absolute atomic E-state index is 10.5. The first-order valence-corrected chi connectivity index (χ1v) is 9.46. The van der Waals surface area contributed by atoms with Gasteiger partial charge in [-0.3, -0.25) is 0 Å². The summed E-state index contributed by atoms with van der Waals surface area (Å²) < 4.78 is 7.75. The number of imidazole rings is 1. The molecule has 0 radical (unpaired) electrons. The van der Waals surface area contributed by atoms with Crippen molar-refractivity contribution in [1.82, 2.24) is 9.55 Å². The molecule has 0 aliphatic heterocycles. The summed E-state index contributed by atoms with van der Waals surface area (Å²) in [6.07, 6.45) is 0.290. The van der Waals surface area contributed by atoms with Crippen LogP contribution in [0.15, 0.2) is 42.5 Å². The molecule has 2 aromatic carbocycles. The Morgan fingerprint density at radius 1 is 1.19 bits per heavy atom. The zero-order chi connectivity index (χ0) is 18.7. The molecule has 6 heteroatoms. The molecule has 2 unspecified atom stereocenters. The van der Waals surface area contributed by atoms with Gasteiger partial charge in [-0.1, -0.05) is 49.2 Å². The Labute approximate surface area is 163 Å². The molecule has 0 saturated carbocycles. The van der Waals surface area contributed by atoms with Crippen molar-refractivity contribution in [3.63, 3.8) is 0 Å². The van der Waals surface area contributed by atoms with E-state index < -0.39 is 6.10 Å². The number of rotatable bonds is 7.